The van der Waals surface area contributed by atoms with Gasteiger partial charge in [0.2, 0.25) is 5.91 Å². The average Bonchev–Trinajstić information content (AvgIpc) is 2.82. The smallest absolute Gasteiger partial charge is 0.223 e. The van der Waals surface area contributed by atoms with E-state index in [1.165, 1.54) is 19.3 Å². The number of nitrogens with zero attached hydrogens (tertiary/aromatic N) is 2. The number of aryl methyl sites for hydroxylation is 1. The summed E-state index contributed by atoms with van der Waals surface area (Å²) in [6.45, 7) is 5.46. The van der Waals surface area contributed by atoms with Gasteiger partial charge in [-0.2, -0.15) is 0 Å². The number of rotatable bonds is 5. The molecule has 4 heteroatoms. The highest BCUT2D eigenvalue weighted by atomic mass is 32.1. The Labute approximate surface area is 126 Å². The van der Waals surface area contributed by atoms with Crippen molar-refractivity contribution in [3.63, 3.8) is 0 Å². The third-order valence-electron chi connectivity index (χ3n) is 4.02. The normalized spacial score (nSPS) is 20.1. The maximum atomic E-state index is 12.5. The summed E-state index contributed by atoms with van der Waals surface area (Å²) in [4.78, 5) is 19.0. The molecule has 2 heterocycles. The third kappa shape index (κ3) is 4.58. The summed E-state index contributed by atoms with van der Waals surface area (Å²) in [6, 6.07) is 0.459. The van der Waals surface area contributed by atoms with Crippen LogP contribution in [0.5, 0.6) is 0 Å². The molecule has 112 valence electrons. The van der Waals surface area contributed by atoms with Gasteiger partial charge in [0.25, 0.3) is 0 Å². The lowest BCUT2D eigenvalue weighted by Gasteiger charge is -2.31. The van der Waals surface area contributed by atoms with Gasteiger partial charge in [-0.05, 0) is 31.6 Å². The second kappa shape index (κ2) is 7.77. The highest BCUT2D eigenvalue weighted by Gasteiger charge is 2.25. The Kier molecular flexibility index (Phi) is 6.02. The van der Waals surface area contributed by atoms with Crippen molar-refractivity contribution < 1.29 is 4.79 Å². The van der Waals surface area contributed by atoms with Crippen LogP contribution in [0.2, 0.25) is 0 Å². The highest BCUT2D eigenvalue weighted by Crippen LogP contribution is 2.23. The number of hydrogen-bond acceptors (Lipinski definition) is 3. The van der Waals surface area contributed by atoms with E-state index in [4.69, 9.17) is 0 Å². The van der Waals surface area contributed by atoms with Crippen LogP contribution in [0, 0.1) is 5.92 Å². The lowest BCUT2D eigenvalue weighted by Crippen LogP contribution is -2.40. The summed E-state index contributed by atoms with van der Waals surface area (Å²) < 4.78 is 0. The minimum atomic E-state index is 0.325. The summed E-state index contributed by atoms with van der Waals surface area (Å²) in [5.74, 6) is 0.984. The first-order valence-electron chi connectivity index (χ1n) is 7.83. The van der Waals surface area contributed by atoms with Crippen molar-refractivity contribution in [1.82, 2.24) is 9.88 Å². The molecule has 0 saturated carbocycles. The third-order valence-corrected chi connectivity index (χ3v) is 4.65. The van der Waals surface area contributed by atoms with Gasteiger partial charge in [0.05, 0.1) is 11.2 Å². The summed E-state index contributed by atoms with van der Waals surface area (Å²) in [7, 11) is 0. The van der Waals surface area contributed by atoms with Gasteiger partial charge >= 0.3 is 0 Å². The Hall–Kier alpha value is -0.900. The fraction of sp³-hybridized carbons (Fsp3) is 0.750. The molecule has 3 nitrogen and oxygen atoms in total. The molecule has 1 aliphatic heterocycles. The number of thiazole rings is 1. The maximum absolute atomic E-state index is 12.5. The van der Waals surface area contributed by atoms with Gasteiger partial charge in [-0.15, -0.1) is 11.3 Å². The SMILES string of the molecule is CC(C)C[C@@H]1CCCCCN1C(=O)CCc1cscn1. The largest absolute Gasteiger partial charge is 0.340 e. The Morgan fingerprint density at radius 3 is 3.00 bits per heavy atom. The highest BCUT2D eigenvalue weighted by molar-refractivity contribution is 7.07. The molecule has 1 amide bonds. The predicted molar refractivity (Wildman–Crippen MR) is 83.9 cm³/mol. The quantitative estimate of drug-likeness (QED) is 0.825. The Morgan fingerprint density at radius 1 is 1.45 bits per heavy atom. The van der Waals surface area contributed by atoms with Gasteiger partial charge in [-0.1, -0.05) is 26.7 Å². The van der Waals surface area contributed by atoms with E-state index in [2.05, 4.69) is 23.7 Å². The molecule has 20 heavy (non-hydrogen) atoms. The van der Waals surface area contributed by atoms with Crippen molar-refractivity contribution in [2.75, 3.05) is 6.54 Å². The van der Waals surface area contributed by atoms with E-state index in [0.29, 0.717) is 24.3 Å². The van der Waals surface area contributed by atoms with Crippen LogP contribution in [-0.4, -0.2) is 28.4 Å². The first kappa shape index (κ1) is 15.5. The predicted octanol–water partition coefficient (Wildman–Crippen LogP) is 3.89. The molecule has 1 aromatic heterocycles. The molecule has 1 aromatic rings. The first-order chi connectivity index (χ1) is 9.66. The topological polar surface area (TPSA) is 33.2 Å². The fourth-order valence-corrected chi connectivity index (χ4v) is 3.63. The van der Waals surface area contributed by atoms with Crippen LogP contribution >= 0.6 is 11.3 Å². The van der Waals surface area contributed by atoms with Crippen LogP contribution in [-0.2, 0) is 11.2 Å². The minimum absolute atomic E-state index is 0.325. The molecule has 1 saturated heterocycles. The lowest BCUT2D eigenvalue weighted by atomic mass is 9.98. The number of amides is 1. The maximum Gasteiger partial charge on any atom is 0.223 e. The molecule has 1 atom stereocenters. The summed E-state index contributed by atoms with van der Waals surface area (Å²) in [5, 5.41) is 2.04. The van der Waals surface area contributed by atoms with E-state index in [1.54, 1.807) is 11.3 Å². The second-order valence-corrected chi connectivity index (χ2v) is 6.92. The number of aromatic nitrogens is 1. The van der Waals surface area contributed by atoms with Crippen LogP contribution in [0.25, 0.3) is 0 Å². The molecule has 0 unspecified atom stereocenters. The van der Waals surface area contributed by atoms with Crippen LogP contribution in [0.1, 0.15) is 58.1 Å². The van der Waals surface area contributed by atoms with E-state index in [-0.39, 0.29) is 0 Å². The van der Waals surface area contributed by atoms with Gasteiger partial charge in [-0.25, -0.2) is 4.98 Å². The number of carbonyl (C=O) groups is 1. The van der Waals surface area contributed by atoms with Crippen LogP contribution in [0.3, 0.4) is 0 Å². The van der Waals surface area contributed by atoms with Gasteiger partial charge < -0.3 is 4.90 Å². The molecule has 0 aromatic carbocycles. The number of likely N-dealkylation sites (tertiary alicyclic amines) is 1. The van der Waals surface area contributed by atoms with Gasteiger partial charge in [0.15, 0.2) is 0 Å². The molecule has 0 N–H and O–H groups in total. The lowest BCUT2D eigenvalue weighted by molar-refractivity contribution is -0.133. The van der Waals surface area contributed by atoms with Gasteiger partial charge in [-0.3, -0.25) is 4.79 Å². The van der Waals surface area contributed by atoms with E-state index in [1.807, 2.05) is 10.9 Å². The van der Waals surface area contributed by atoms with Gasteiger partial charge in [0.1, 0.15) is 0 Å². The van der Waals surface area contributed by atoms with Crippen molar-refractivity contribution in [3.05, 3.63) is 16.6 Å². The fourth-order valence-electron chi connectivity index (χ4n) is 3.03. The zero-order chi connectivity index (χ0) is 14.4. The van der Waals surface area contributed by atoms with E-state index in [9.17, 15) is 4.79 Å². The van der Waals surface area contributed by atoms with Crippen molar-refractivity contribution in [1.29, 1.82) is 0 Å². The molecular formula is C16H26N2OS. The molecule has 0 bridgehead atoms. The molecule has 1 fully saturated rings. The van der Waals surface area contributed by atoms with Crippen LogP contribution < -0.4 is 0 Å². The number of hydrogen-bond donors (Lipinski definition) is 0. The molecule has 2 rings (SSSR count). The zero-order valence-corrected chi connectivity index (χ0v) is 13.5. The molecule has 0 aliphatic carbocycles. The van der Waals surface area contributed by atoms with Crippen LogP contribution in [0.15, 0.2) is 10.9 Å². The molecule has 1 aliphatic rings. The standard InChI is InChI=1S/C16H26N2OS/c1-13(2)10-15-6-4-3-5-9-18(15)16(19)8-7-14-11-20-12-17-14/h11-13,15H,3-10H2,1-2H3/t15-/m0/s1. The zero-order valence-electron chi connectivity index (χ0n) is 12.7. The first-order valence-corrected chi connectivity index (χ1v) is 8.77. The van der Waals surface area contributed by atoms with Gasteiger partial charge in [0, 0.05) is 24.4 Å². The van der Waals surface area contributed by atoms with Crippen molar-refractivity contribution in [3.8, 4) is 0 Å². The Morgan fingerprint density at radius 2 is 2.30 bits per heavy atom. The Balaban J connectivity index is 1.92. The summed E-state index contributed by atoms with van der Waals surface area (Å²) in [6.07, 6.45) is 7.42. The summed E-state index contributed by atoms with van der Waals surface area (Å²) >= 11 is 1.60. The van der Waals surface area contributed by atoms with Crippen molar-refractivity contribution >= 4 is 17.2 Å². The summed E-state index contributed by atoms with van der Waals surface area (Å²) in [5.41, 5.74) is 2.89. The monoisotopic (exact) mass is 294 g/mol. The van der Waals surface area contributed by atoms with E-state index >= 15 is 0 Å². The Bertz CT molecular complexity index is 403. The molecule has 0 radical (unpaired) electrons. The molecular weight excluding hydrogens is 268 g/mol. The van der Waals surface area contributed by atoms with E-state index in [0.717, 1.165) is 31.5 Å². The number of carbonyl (C=O) groups excluding carboxylic acids is 1. The second-order valence-electron chi connectivity index (χ2n) is 6.20. The van der Waals surface area contributed by atoms with Crippen molar-refractivity contribution in [2.24, 2.45) is 5.92 Å². The van der Waals surface area contributed by atoms with E-state index < -0.39 is 0 Å². The van der Waals surface area contributed by atoms with Crippen molar-refractivity contribution in [2.45, 2.75) is 64.8 Å². The average molecular weight is 294 g/mol. The minimum Gasteiger partial charge on any atom is -0.340 e. The molecule has 0 spiro atoms. The van der Waals surface area contributed by atoms with Crippen LogP contribution in [0.4, 0.5) is 0 Å².